The van der Waals surface area contributed by atoms with Crippen molar-refractivity contribution >= 4 is 49.3 Å². The van der Waals surface area contributed by atoms with Crippen molar-refractivity contribution in [1.29, 1.82) is 0 Å². The van der Waals surface area contributed by atoms with Crippen LogP contribution in [0.3, 0.4) is 0 Å². The summed E-state index contributed by atoms with van der Waals surface area (Å²) in [6.45, 7) is 3.66. The van der Waals surface area contributed by atoms with Crippen LogP contribution in [0.4, 0.5) is 0 Å². The van der Waals surface area contributed by atoms with E-state index < -0.39 is 32.5 Å². The number of allylic oxidation sites excluding steroid dienone is 4. The first-order chi connectivity index (χ1) is 23.3. The Kier molecular flexibility index (Phi) is 40.0. The van der Waals surface area contributed by atoms with Gasteiger partial charge in [0.25, 0.3) is 0 Å². The smallest absolute Gasteiger partial charge is 0.462 e. The van der Waals surface area contributed by atoms with Gasteiger partial charge in [0, 0.05) is 42.4 Å². The van der Waals surface area contributed by atoms with Gasteiger partial charge in [-0.25, -0.2) is 4.57 Å². The fourth-order valence-electron chi connectivity index (χ4n) is 5.48. The Bertz CT molecular complexity index is 845. The maximum Gasteiger partial charge on any atom is 0.469 e. The summed E-state index contributed by atoms with van der Waals surface area (Å²) < 4.78 is 26.3. The summed E-state index contributed by atoms with van der Waals surface area (Å²) in [5.41, 5.74) is 0. The molecule has 8 nitrogen and oxygen atoms in total. The molecule has 0 unspecified atom stereocenters. The summed E-state index contributed by atoms with van der Waals surface area (Å²) in [7, 11) is -4.75. The standard InChI is InChI=1S/C39H73O8P.Na/c1-3-5-7-9-11-13-15-17-19-21-23-25-27-29-31-33-38(40)45-35-37(36-46-48(42,43)44)47-39(41)34-32-30-28-26-24-22-20-18-16-14-12-10-8-6-4-2;/h17-20,37H,3-16,21-36H2,1-2H3,(H2,42,43,44);/b19-17+,20-18+;/t37-;/m1./s1. The van der Waals surface area contributed by atoms with Gasteiger partial charge in [0.2, 0.25) is 0 Å². The molecule has 0 spiro atoms. The van der Waals surface area contributed by atoms with Crippen LogP contribution in [0.2, 0.25) is 0 Å². The average Bonchev–Trinajstić information content (AvgIpc) is 3.05. The van der Waals surface area contributed by atoms with E-state index in [1.807, 2.05) is 0 Å². The number of unbranched alkanes of at least 4 members (excludes halogenated alkanes) is 22. The molecule has 0 aromatic carbocycles. The van der Waals surface area contributed by atoms with E-state index in [-0.39, 0.29) is 49.0 Å². The zero-order valence-corrected chi connectivity index (χ0v) is 34.8. The molecule has 0 saturated heterocycles. The third-order valence-electron chi connectivity index (χ3n) is 8.44. The Morgan fingerprint density at radius 3 is 1.27 bits per heavy atom. The van der Waals surface area contributed by atoms with Gasteiger partial charge in [-0.3, -0.25) is 14.1 Å². The Morgan fingerprint density at radius 2 is 0.878 bits per heavy atom. The minimum atomic E-state index is -4.75. The number of phosphoric ester groups is 1. The molecule has 283 valence electrons. The van der Waals surface area contributed by atoms with E-state index in [0.29, 0.717) is 12.8 Å². The minimum absolute atomic E-state index is 0. The molecule has 0 amide bonds. The molecule has 10 heteroatoms. The zero-order valence-electron chi connectivity index (χ0n) is 31.9. The fraction of sp³-hybridized carbons (Fsp3) is 0.846. The molecule has 0 fully saturated rings. The maximum absolute atomic E-state index is 12.4. The van der Waals surface area contributed by atoms with Gasteiger partial charge in [0.1, 0.15) is 6.61 Å². The maximum atomic E-state index is 12.4. The molecule has 0 aliphatic carbocycles. The van der Waals surface area contributed by atoms with Crippen molar-refractivity contribution in [3.05, 3.63) is 24.3 Å². The van der Waals surface area contributed by atoms with Crippen molar-refractivity contribution in [2.45, 2.75) is 200 Å². The summed E-state index contributed by atoms with van der Waals surface area (Å²) >= 11 is 0. The number of carbonyl (C=O) groups excluding carboxylic acids is 2. The topological polar surface area (TPSA) is 119 Å². The summed E-state index contributed by atoms with van der Waals surface area (Å²) in [5, 5.41) is 0. The molecule has 0 saturated carbocycles. The van der Waals surface area contributed by atoms with Gasteiger partial charge in [-0.2, -0.15) is 0 Å². The van der Waals surface area contributed by atoms with Gasteiger partial charge in [-0.1, -0.05) is 141 Å². The Balaban J connectivity index is 0. The average molecular weight is 724 g/mol. The largest absolute Gasteiger partial charge is 0.469 e. The van der Waals surface area contributed by atoms with Gasteiger partial charge in [0.05, 0.1) is 6.61 Å². The zero-order chi connectivity index (χ0) is 35.4. The molecule has 1 radical (unpaired) electrons. The van der Waals surface area contributed by atoms with E-state index in [2.05, 4.69) is 42.7 Å². The summed E-state index contributed by atoms with van der Waals surface area (Å²) in [6.07, 6.45) is 38.9. The summed E-state index contributed by atoms with van der Waals surface area (Å²) in [5.74, 6) is -0.901. The first kappa shape index (κ1) is 50.6. The first-order valence-electron chi connectivity index (χ1n) is 19.6. The van der Waals surface area contributed by atoms with Gasteiger partial charge < -0.3 is 19.3 Å². The third kappa shape index (κ3) is 41.8. The van der Waals surface area contributed by atoms with Crippen molar-refractivity contribution in [2.24, 2.45) is 0 Å². The van der Waals surface area contributed by atoms with Crippen molar-refractivity contribution in [1.82, 2.24) is 0 Å². The monoisotopic (exact) mass is 723 g/mol. The van der Waals surface area contributed by atoms with Crippen LogP contribution in [0.15, 0.2) is 24.3 Å². The molecular weight excluding hydrogens is 650 g/mol. The van der Waals surface area contributed by atoms with Crippen LogP contribution < -0.4 is 0 Å². The number of hydrogen-bond acceptors (Lipinski definition) is 6. The van der Waals surface area contributed by atoms with Gasteiger partial charge >= 0.3 is 19.8 Å². The summed E-state index contributed by atoms with van der Waals surface area (Å²) in [6, 6.07) is 0. The van der Waals surface area contributed by atoms with Crippen LogP contribution in [0.25, 0.3) is 0 Å². The van der Waals surface area contributed by atoms with Gasteiger partial charge in [-0.15, -0.1) is 0 Å². The number of phosphoric acid groups is 1. The quantitative estimate of drug-likeness (QED) is 0.0215. The molecule has 0 heterocycles. The van der Waals surface area contributed by atoms with E-state index in [1.54, 1.807) is 0 Å². The molecule has 0 aromatic rings. The molecule has 0 aliphatic rings. The Morgan fingerprint density at radius 1 is 0.531 bits per heavy atom. The Labute approximate surface area is 322 Å². The first-order valence-corrected chi connectivity index (χ1v) is 21.2. The van der Waals surface area contributed by atoms with Crippen molar-refractivity contribution in [3.63, 3.8) is 0 Å². The van der Waals surface area contributed by atoms with E-state index >= 15 is 0 Å². The van der Waals surface area contributed by atoms with Crippen LogP contribution in [0.5, 0.6) is 0 Å². The van der Waals surface area contributed by atoms with E-state index in [4.69, 9.17) is 19.3 Å². The van der Waals surface area contributed by atoms with Crippen molar-refractivity contribution in [3.8, 4) is 0 Å². The SMILES string of the molecule is CCCCCCCC/C=C/CCCCCCCC(=O)OC[C@H](COP(=O)(O)O)OC(=O)CCCCCCC/C=C/CCCCCCCC.[Na]. The van der Waals surface area contributed by atoms with E-state index in [0.717, 1.165) is 64.2 Å². The normalized spacial score (nSPS) is 12.4. The van der Waals surface area contributed by atoms with Crippen LogP contribution in [-0.2, 0) is 28.2 Å². The molecule has 2 N–H and O–H groups in total. The molecule has 0 rings (SSSR count). The molecule has 0 bridgehead atoms. The second-order valence-electron chi connectivity index (χ2n) is 13.2. The molecular formula is C39H73NaO8P. The molecule has 1 atom stereocenters. The van der Waals surface area contributed by atoms with Gasteiger partial charge in [-0.05, 0) is 64.2 Å². The van der Waals surface area contributed by atoms with E-state index in [1.165, 1.54) is 89.9 Å². The minimum Gasteiger partial charge on any atom is -0.462 e. The number of esters is 2. The molecule has 0 aromatic heterocycles. The van der Waals surface area contributed by atoms with E-state index in [9.17, 15) is 14.2 Å². The third-order valence-corrected chi connectivity index (χ3v) is 8.93. The van der Waals surface area contributed by atoms with Gasteiger partial charge in [0.15, 0.2) is 6.10 Å². The number of ether oxygens (including phenoxy) is 2. The van der Waals surface area contributed by atoms with Crippen LogP contribution in [0, 0.1) is 0 Å². The molecule has 0 aliphatic heterocycles. The predicted molar refractivity (Wildman–Crippen MR) is 203 cm³/mol. The number of hydrogen-bond donors (Lipinski definition) is 2. The van der Waals surface area contributed by atoms with Crippen LogP contribution >= 0.6 is 7.82 Å². The Hall–Kier alpha value is -0.470. The number of carbonyl (C=O) groups is 2. The predicted octanol–water partition coefficient (Wildman–Crippen LogP) is 11.2. The van der Waals surface area contributed by atoms with Crippen molar-refractivity contribution < 1.29 is 37.9 Å². The fourth-order valence-corrected chi connectivity index (χ4v) is 5.84. The van der Waals surface area contributed by atoms with Crippen LogP contribution in [-0.4, -0.2) is 70.6 Å². The second kappa shape index (κ2) is 38.8. The van der Waals surface area contributed by atoms with Crippen LogP contribution in [0.1, 0.15) is 194 Å². The number of rotatable bonds is 36. The van der Waals surface area contributed by atoms with Crippen molar-refractivity contribution in [2.75, 3.05) is 13.2 Å². The molecule has 49 heavy (non-hydrogen) atoms. The second-order valence-corrected chi connectivity index (χ2v) is 14.5. The summed E-state index contributed by atoms with van der Waals surface area (Å²) in [4.78, 5) is 42.7.